The second kappa shape index (κ2) is 9.28. The van der Waals surface area contributed by atoms with Crippen LogP contribution in [0.5, 0.6) is 17.4 Å². The van der Waals surface area contributed by atoms with Gasteiger partial charge in [-0.15, -0.1) is 0 Å². The molecular weight excluding hydrogens is 412 g/mol. The Bertz CT molecular complexity index is 986. The summed E-state index contributed by atoms with van der Waals surface area (Å²) in [5.41, 5.74) is 0. The van der Waals surface area contributed by atoms with Gasteiger partial charge in [-0.25, -0.2) is 4.98 Å². The molecule has 154 valence electrons. The molecule has 0 radical (unpaired) electrons. The number of hydrogen-bond donors (Lipinski definition) is 2. The predicted molar refractivity (Wildman–Crippen MR) is 114 cm³/mol. The standard InChI is InChI=1S/C20H23ClN4O3S/c1-4-17-22-20(29-24-17)23-19(27)15(9-12(2)3)25-11-13(10-18(25)26)28-16-8-6-5-7-14(16)21/h5-8,10-12,15,26H,4,9H2,1-3H3,(H,22,23,24,27)/t15-/m0/s1. The third kappa shape index (κ3) is 5.27. The third-order valence-electron chi connectivity index (χ3n) is 4.21. The fraction of sp³-hybridized carbons (Fsp3) is 0.350. The highest BCUT2D eigenvalue weighted by Crippen LogP contribution is 2.34. The van der Waals surface area contributed by atoms with Crippen LogP contribution in [0.3, 0.4) is 0 Å². The van der Waals surface area contributed by atoms with Crippen molar-refractivity contribution >= 4 is 34.2 Å². The zero-order chi connectivity index (χ0) is 21.0. The number of ether oxygens (including phenoxy) is 1. The summed E-state index contributed by atoms with van der Waals surface area (Å²) in [6.07, 6.45) is 2.82. The first-order valence-electron chi connectivity index (χ1n) is 9.34. The number of carbonyl (C=O) groups excluding carboxylic acids is 1. The van der Waals surface area contributed by atoms with Crippen LogP contribution in [-0.2, 0) is 11.2 Å². The molecule has 0 aliphatic carbocycles. The molecule has 0 bridgehead atoms. The summed E-state index contributed by atoms with van der Waals surface area (Å²) >= 11 is 7.28. The van der Waals surface area contributed by atoms with Gasteiger partial charge in [0, 0.05) is 24.0 Å². The van der Waals surface area contributed by atoms with E-state index in [0.29, 0.717) is 40.3 Å². The molecule has 1 amide bonds. The fourth-order valence-electron chi connectivity index (χ4n) is 2.83. The Kier molecular flexibility index (Phi) is 6.76. The van der Waals surface area contributed by atoms with Gasteiger partial charge >= 0.3 is 0 Å². The van der Waals surface area contributed by atoms with Gasteiger partial charge < -0.3 is 14.4 Å². The predicted octanol–water partition coefficient (Wildman–Crippen LogP) is 5.28. The fourth-order valence-corrected chi connectivity index (χ4v) is 3.66. The summed E-state index contributed by atoms with van der Waals surface area (Å²) in [7, 11) is 0. The van der Waals surface area contributed by atoms with Crippen molar-refractivity contribution < 1.29 is 14.6 Å². The molecule has 0 aliphatic rings. The lowest BCUT2D eigenvalue weighted by molar-refractivity contribution is -0.119. The van der Waals surface area contributed by atoms with E-state index < -0.39 is 6.04 Å². The van der Waals surface area contributed by atoms with Crippen LogP contribution in [0.1, 0.15) is 39.1 Å². The Balaban J connectivity index is 1.83. The molecule has 0 saturated carbocycles. The number of amides is 1. The number of nitrogens with one attached hydrogen (secondary N) is 1. The summed E-state index contributed by atoms with van der Waals surface area (Å²) in [5.74, 6) is 1.43. The van der Waals surface area contributed by atoms with Crippen molar-refractivity contribution in [2.45, 2.75) is 39.7 Å². The second-order valence-electron chi connectivity index (χ2n) is 6.98. The van der Waals surface area contributed by atoms with E-state index in [1.807, 2.05) is 20.8 Å². The lowest BCUT2D eigenvalue weighted by atomic mass is 10.0. The Hall–Kier alpha value is -2.58. The number of para-hydroxylation sites is 1. The zero-order valence-electron chi connectivity index (χ0n) is 16.4. The van der Waals surface area contributed by atoms with Crippen LogP contribution in [-0.4, -0.2) is 24.9 Å². The number of aromatic hydroxyl groups is 1. The molecule has 3 aromatic rings. The first kappa shape index (κ1) is 21.1. The van der Waals surface area contributed by atoms with E-state index in [-0.39, 0.29) is 17.7 Å². The molecule has 0 spiro atoms. The van der Waals surface area contributed by atoms with Gasteiger partial charge in [-0.2, -0.15) is 4.37 Å². The second-order valence-corrected chi connectivity index (χ2v) is 8.14. The number of aryl methyl sites for hydroxylation is 1. The molecule has 2 aromatic heterocycles. The summed E-state index contributed by atoms with van der Waals surface area (Å²) in [4.78, 5) is 17.2. The van der Waals surface area contributed by atoms with Crippen LogP contribution in [0.15, 0.2) is 36.5 Å². The van der Waals surface area contributed by atoms with Crippen molar-refractivity contribution in [2.24, 2.45) is 5.92 Å². The topological polar surface area (TPSA) is 89.3 Å². The first-order valence-corrected chi connectivity index (χ1v) is 10.5. The molecule has 1 atom stereocenters. The van der Waals surface area contributed by atoms with Crippen molar-refractivity contribution in [2.75, 3.05) is 5.32 Å². The van der Waals surface area contributed by atoms with Gasteiger partial charge in [-0.05, 0) is 24.5 Å². The van der Waals surface area contributed by atoms with Gasteiger partial charge in [0.05, 0.1) is 11.2 Å². The molecule has 1 aromatic carbocycles. The van der Waals surface area contributed by atoms with Crippen LogP contribution in [0.2, 0.25) is 5.02 Å². The number of carbonyl (C=O) groups is 1. The molecule has 29 heavy (non-hydrogen) atoms. The number of benzene rings is 1. The lowest BCUT2D eigenvalue weighted by Crippen LogP contribution is -2.26. The van der Waals surface area contributed by atoms with Crippen LogP contribution >= 0.6 is 23.1 Å². The van der Waals surface area contributed by atoms with Crippen LogP contribution in [0, 0.1) is 5.92 Å². The maximum Gasteiger partial charge on any atom is 0.249 e. The molecule has 0 saturated heterocycles. The largest absolute Gasteiger partial charge is 0.494 e. The molecular formula is C20H23ClN4O3S. The van der Waals surface area contributed by atoms with Crippen molar-refractivity contribution in [1.29, 1.82) is 0 Å². The van der Waals surface area contributed by atoms with E-state index in [1.54, 1.807) is 30.5 Å². The van der Waals surface area contributed by atoms with Gasteiger partial charge in [0.1, 0.15) is 23.4 Å². The van der Waals surface area contributed by atoms with E-state index in [9.17, 15) is 9.90 Å². The normalized spacial score (nSPS) is 12.2. The zero-order valence-corrected chi connectivity index (χ0v) is 18.0. The van der Waals surface area contributed by atoms with Crippen molar-refractivity contribution in [1.82, 2.24) is 13.9 Å². The minimum atomic E-state index is -0.632. The molecule has 3 rings (SSSR count). The van der Waals surface area contributed by atoms with Crippen LogP contribution < -0.4 is 10.1 Å². The third-order valence-corrected chi connectivity index (χ3v) is 5.19. The average molecular weight is 435 g/mol. The SMILES string of the molecule is CCc1nsc(NC(=O)[C@H](CC(C)C)n2cc(Oc3ccccc3Cl)cc2O)n1. The Labute approximate surface area is 178 Å². The van der Waals surface area contributed by atoms with Gasteiger partial charge in [0.2, 0.25) is 11.0 Å². The first-order chi connectivity index (χ1) is 13.9. The van der Waals surface area contributed by atoms with Crippen LogP contribution in [0.25, 0.3) is 0 Å². The van der Waals surface area contributed by atoms with Crippen LogP contribution in [0.4, 0.5) is 5.13 Å². The molecule has 2 N–H and O–H groups in total. The molecule has 0 unspecified atom stereocenters. The summed E-state index contributed by atoms with van der Waals surface area (Å²) in [6.45, 7) is 5.98. The van der Waals surface area contributed by atoms with Gasteiger partial charge in [0.25, 0.3) is 0 Å². The Morgan fingerprint density at radius 1 is 1.38 bits per heavy atom. The van der Waals surface area contributed by atoms with E-state index in [0.717, 1.165) is 11.5 Å². The average Bonchev–Trinajstić information content (AvgIpc) is 3.27. The minimum Gasteiger partial charge on any atom is -0.494 e. The molecule has 9 heteroatoms. The highest BCUT2D eigenvalue weighted by atomic mass is 35.5. The smallest absolute Gasteiger partial charge is 0.249 e. The molecule has 0 aliphatic heterocycles. The van der Waals surface area contributed by atoms with E-state index >= 15 is 0 Å². The highest BCUT2D eigenvalue weighted by Gasteiger charge is 2.26. The maximum atomic E-state index is 13.0. The molecule has 7 nitrogen and oxygen atoms in total. The Morgan fingerprint density at radius 2 is 2.14 bits per heavy atom. The quantitative estimate of drug-likeness (QED) is 0.503. The van der Waals surface area contributed by atoms with Crippen molar-refractivity contribution in [3.8, 4) is 17.4 Å². The van der Waals surface area contributed by atoms with Gasteiger partial charge in [-0.1, -0.05) is 44.5 Å². The van der Waals surface area contributed by atoms with E-state index in [2.05, 4.69) is 14.7 Å². The minimum absolute atomic E-state index is 0.0700. The summed E-state index contributed by atoms with van der Waals surface area (Å²) < 4.78 is 11.5. The summed E-state index contributed by atoms with van der Waals surface area (Å²) in [6, 6.07) is 7.89. The number of nitrogens with zero attached hydrogens (tertiary/aromatic N) is 3. The van der Waals surface area contributed by atoms with Crippen molar-refractivity contribution in [3.05, 3.63) is 47.4 Å². The maximum absolute atomic E-state index is 13.0. The number of aromatic nitrogens is 3. The number of anilines is 1. The van der Waals surface area contributed by atoms with Crippen molar-refractivity contribution in [3.63, 3.8) is 0 Å². The molecule has 0 fully saturated rings. The van der Waals surface area contributed by atoms with Gasteiger partial charge in [0.15, 0.2) is 5.88 Å². The van der Waals surface area contributed by atoms with E-state index in [4.69, 9.17) is 16.3 Å². The summed E-state index contributed by atoms with van der Waals surface area (Å²) in [5, 5.41) is 14.2. The van der Waals surface area contributed by atoms with E-state index in [1.165, 1.54) is 10.6 Å². The highest BCUT2D eigenvalue weighted by molar-refractivity contribution is 7.09. The number of halogens is 1. The number of hydrogen-bond acceptors (Lipinski definition) is 6. The Morgan fingerprint density at radius 3 is 2.79 bits per heavy atom. The lowest BCUT2D eigenvalue weighted by Gasteiger charge is -2.20. The number of rotatable bonds is 8. The molecule has 2 heterocycles. The monoisotopic (exact) mass is 434 g/mol. The van der Waals surface area contributed by atoms with Gasteiger partial charge in [-0.3, -0.25) is 10.1 Å².